The Balaban J connectivity index is 2.84. The molecule has 0 saturated heterocycles. The highest BCUT2D eigenvalue weighted by Gasteiger charge is 1.98. The molecule has 0 spiro atoms. The maximum Gasteiger partial charge on any atom is 0.0970 e. The zero-order valence-electron chi connectivity index (χ0n) is 5.57. The molecular formula is C8H9NO. The van der Waals surface area contributed by atoms with E-state index in [1.807, 2.05) is 0 Å². The van der Waals surface area contributed by atoms with E-state index in [9.17, 15) is 5.11 Å². The van der Waals surface area contributed by atoms with Crippen molar-refractivity contribution in [3.63, 3.8) is 0 Å². The van der Waals surface area contributed by atoms with Gasteiger partial charge in [0.05, 0.1) is 6.10 Å². The van der Waals surface area contributed by atoms with Crippen LogP contribution in [0.25, 0.3) is 0 Å². The minimum Gasteiger partial charge on any atom is -0.384 e. The van der Waals surface area contributed by atoms with E-state index in [0.29, 0.717) is 0 Å². The molecule has 2 heteroatoms. The Labute approximate surface area is 59.9 Å². The van der Waals surface area contributed by atoms with Crippen molar-refractivity contribution in [3.8, 4) is 0 Å². The molecule has 1 N–H and O–H groups in total. The van der Waals surface area contributed by atoms with Crippen molar-refractivity contribution >= 4 is 0 Å². The molecule has 0 aliphatic heterocycles. The SMILES string of the molecule is C=CC(O)c1ccncc1. The summed E-state index contributed by atoms with van der Waals surface area (Å²) in [5.74, 6) is 0. The van der Waals surface area contributed by atoms with Crippen LogP contribution < -0.4 is 0 Å². The maximum absolute atomic E-state index is 9.18. The fourth-order valence-electron chi connectivity index (χ4n) is 0.697. The van der Waals surface area contributed by atoms with Crippen LogP contribution in [0.2, 0.25) is 0 Å². The van der Waals surface area contributed by atoms with Crippen molar-refractivity contribution in [2.45, 2.75) is 6.10 Å². The number of aliphatic hydroxyl groups excluding tert-OH is 1. The van der Waals surface area contributed by atoms with Crippen LogP contribution in [0.4, 0.5) is 0 Å². The lowest BCUT2D eigenvalue weighted by atomic mass is 10.1. The van der Waals surface area contributed by atoms with Crippen LogP contribution >= 0.6 is 0 Å². The van der Waals surface area contributed by atoms with Gasteiger partial charge in [-0.1, -0.05) is 6.08 Å². The molecule has 1 aromatic rings. The molecule has 10 heavy (non-hydrogen) atoms. The molecule has 2 nitrogen and oxygen atoms in total. The van der Waals surface area contributed by atoms with Gasteiger partial charge < -0.3 is 5.11 Å². The van der Waals surface area contributed by atoms with Gasteiger partial charge in [-0.05, 0) is 17.7 Å². The average molecular weight is 135 g/mol. The second-order valence-corrected chi connectivity index (χ2v) is 1.96. The molecule has 0 aliphatic carbocycles. The first-order valence-corrected chi connectivity index (χ1v) is 3.05. The van der Waals surface area contributed by atoms with Crippen molar-refractivity contribution in [1.29, 1.82) is 0 Å². The second-order valence-electron chi connectivity index (χ2n) is 1.96. The summed E-state index contributed by atoms with van der Waals surface area (Å²) >= 11 is 0. The normalized spacial score (nSPS) is 12.5. The van der Waals surface area contributed by atoms with Gasteiger partial charge in [0.15, 0.2) is 0 Å². The van der Waals surface area contributed by atoms with Gasteiger partial charge in [-0.3, -0.25) is 4.98 Å². The Morgan fingerprint density at radius 2 is 2.10 bits per heavy atom. The van der Waals surface area contributed by atoms with E-state index in [2.05, 4.69) is 11.6 Å². The average Bonchev–Trinajstić information content (AvgIpc) is 2.05. The summed E-state index contributed by atoms with van der Waals surface area (Å²) in [6.45, 7) is 3.47. The standard InChI is InChI=1S/C8H9NO/c1-2-8(10)7-3-5-9-6-4-7/h2-6,8,10H,1H2. The quantitative estimate of drug-likeness (QED) is 0.620. The Bertz CT molecular complexity index is 208. The Hall–Kier alpha value is -1.15. The number of hydrogen-bond acceptors (Lipinski definition) is 2. The largest absolute Gasteiger partial charge is 0.384 e. The van der Waals surface area contributed by atoms with Crippen LogP contribution in [0.5, 0.6) is 0 Å². The summed E-state index contributed by atoms with van der Waals surface area (Å²) in [6.07, 6.45) is 4.20. The lowest BCUT2D eigenvalue weighted by Gasteiger charge is -2.02. The van der Waals surface area contributed by atoms with Gasteiger partial charge in [-0.2, -0.15) is 0 Å². The molecule has 0 bridgehead atoms. The number of aliphatic hydroxyl groups is 1. The van der Waals surface area contributed by atoms with Crippen LogP contribution in [0.15, 0.2) is 37.2 Å². The topological polar surface area (TPSA) is 33.1 Å². The molecule has 0 radical (unpaired) electrons. The number of nitrogens with zero attached hydrogens (tertiary/aromatic N) is 1. The molecule has 0 aliphatic rings. The van der Waals surface area contributed by atoms with Crippen LogP contribution in [0, 0.1) is 0 Å². The third-order valence-electron chi connectivity index (χ3n) is 1.27. The molecule has 1 aromatic heterocycles. The van der Waals surface area contributed by atoms with E-state index in [-0.39, 0.29) is 0 Å². The number of pyridine rings is 1. The van der Waals surface area contributed by atoms with E-state index < -0.39 is 6.10 Å². The first-order valence-electron chi connectivity index (χ1n) is 3.05. The molecule has 0 saturated carbocycles. The minimum atomic E-state index is -0.567. The highest BCUT2D eigenvalue weighted by Crippen LogP contribution is 2.10. The predicted molar refractivity (Wildman–Crippen MR) is 39.4 cm³/mol. The van der Waals surface area contributed by atoms with Gasteiger partial charge in [0, 0.05) is 12.4 Å². The zero-order chi connectivity index (χ0) is 7.40. The van der Waals surface area contributed by atoms with Crippen LogP contribution in [0.3, 0.4) is 0 Å². The molecule has 1 heterocycles. The summed E-state index contributed by atoms with van der Waals surface area (Å²) in [5.41, 5.74) is 0.824. The summed E-state index contributed by atoms with van der Waals surface area (Å²) in [5, 5.41) is 9.18. The molecule has 0 aromatic carbocycles. The van der Waals surface area contributed by atoms with E-state index in [4.69, 9.17) is 0 Å². The summed E-state index contributed by atoms with van der Waals surface area (Å²) < 4.78 is 0. The minimum absolute atomic E-state index is 0.567. The first-order chi connectivity index (χ1) is 4.84. The zero-order valence-corrected chi connectivity index (χ0v) is 5.57. The second kappa shape index (κ2) is 3.13. The van der Waals surface area contributed by atoms with Crippen LogP contribution in [-0.2, 0) is 0 Å². The maximum atomic E-state index is 9.18. The van der Waals surface area contributed by atoms with Crippen LogP contribution in [-0.4, -0.2) is 10.1 Å². The number of hydrogen-bond donors (Lipinski definition) is 1. The smallest absolute Gasteiger partial charge is 0.0970 e. The van der Waals surface area contributed by atoms with Gasteiger partial charge in [0.1, 0.15) is 0 Å². The molecular weight excluding hydrogens is 126 g/mol. The molecule has 1 atom stereocenters. The third-order valence-corrected chi connectivity index (χ3v) is 1.27. The molecule has 52 valence electrons. The predicted octanol–water partition coefficient (Wildman–Crippen LogP) is 1.30. The van der Waals surface area contributed by atoms with Gasteiger partial charge in [0.2, 0.25) is 0 Å². The number of aromatic nitrogens is 1. The summed E-state index contributed by atoms with van der Waals surface area (Å²) in [6, 6.07) is 3.51. The lowest BCUT2D eigenvalue weighted by Crippen LogP contribution is -1.91. The van der Waals surface area contributed by atoms with Crippen molar-refractivity contribution in [2.75, 3.05) is 0 Å². The van der Waals surface area contributed by atoms with Gasteiger partial charge in [0.25, 0.3) is 0 Å². The fraction of sp³-hybridized carbons (Fsp3) is 0.125. The molecule has 0 fully saturated rings. The van der Waals surface area contributed by atoms with Crippen molar-refractivity contribution in [2.24, 2.45) is 0 Å². The molecule has 0 amide bonds. The van der Waals surface area contributed by atoms with Gasteiger partial charge in [-0.15, -0.1) is 6.58 Å². The first kappa shape index (κ1) is 6.96. The van der Waals surface area contributed by atoms with Crippen molar-refractivity contribution in [1.82, 2.24) is 4.98 Å². The third kappa shape index (κ3) is 1.42. The van der Waals surface area contributed by atoms with E-state index >= 15 is 0 Å². The van der Waals surface area contributed by atoms with Gasteiger partial charge >= 0.3 is 0 Å². The highest BCUT2D eigenvalue weighted by molar-refractivity contribution is 5.16. The van der Waals surface area contributed by atoms with Crippen molar-refractivity contribution < 1.29 is 5.11 Å². The number of rotatable bonds is 2. The monoisotopic (exact) mass is 135 g/mol. The highest BCUT2D eigenvalue weighted by atomic mass is 16.3. The van der Waals surface area contributed by atoms with Crippen LogP contribution in [0.1, 0.15) is 11.7 Å². The Kier molecular flexibility index (Phi) is 2.18. The van der Waals surface area contributed by atoms with E-state index in [1.165, 1.54) is 6.08 Å². The summed E-state index contributed by atoms with van der Waals surface area (Å²) in [4.78, 5) is 3.82. The van der Waals surface area contributed by atoms with E-state index in [0.717, 1.165) is 5.56 Å². The van der Waals surface area contributed by atoms with Gasteiger partial charge in [-0.25, -0.2) is 0 Å². The Morgan fingerprint density at radius 3 is 2.60 bits per heavy atom. The summed E-state index contributed by atoms with van der Waals surface area (Å²) in [7, 11) is 0. The van der Waals surface area contributed by atoms with E-state index in [1.54, 1.807) is 24.5 Å². The Morgan fingerprint density at radius 1 is 1.50 bits per heavy atom. The molecule has 1 rings (SSSR count). The van der Waals surface area contributed by atoms with Crippen molar-refractivity contribution in [3.05, 3.63) is 42.7 Å². The molecule has 1 unspecified atom stereocenters. The fourth-order valence-corrected chi connectivity index (χ4v) is 0.697. The lowest BCUT2D eigenvalue weighted by molar-refractivity contribution is 0.229.